The van der Waals surface area contributed by atoms with Gasteiger partial charge in [-0.15, -0.1) is 11.3 Å². The van der Waals surface area contributed by atoms with Crippen LogP contribution in [0.3, 0.4) is 0 Å². The minimum atomic E-state index is -3.78. The second kappa shape index (κ2) is 6.67. The fourth-order valence-corrected chi connectivity index (χ4v) is 4.35. The Balaban J connectivity index is 2.00. The molecule has 0 atom stereocenters. The number of hydrogen-bond donors (Lipinski definition) is 1. The number of hydrogen-bond acceptors (Lipinski definition) is 5. The van der Waals surface area contributed by atoms with E-state index in [9.17, 15) is 8.42 Å². The second-order valence-corrected chi connectivity index (χ2v) is 8.24. The molecule has 0 saturated heterocycles. The molecule has 5 nitrogen and oxygen atoms in total. The molecule has 1 N–H and O–H groups in total. The number of nitrogens with one attached hydrogen (secondary N) is 1. The summed E-state index contributed by atoms with van der Waals surface area (Å²) in [6.07, 6.45) is 0. The van der Waals surface area contributed by atoms with Gasteiger partial charge in [-0.05, 0) is 43.7 Å². The first-order chi connectivity index (χ1) is 11.9. The van der Waals surface area contributed by atoms with E-state index in [0.29, 0.717) is 16.8 Å². The molecule has 126 valence electrons. The zero-order valence-corrected chi connectivity index (χ0v) is 15.3. The van der Waals surface area contributed by atoms with E-state index in [2.05, 4.69) is 9.71 Å². The Labute approximate surface area is 150 Å². The smallest absolute Gasteiger partial charge is 0.262 e. The van der Waals surface area contributed by atoms with Gasteiger partial charge in [0.1, 0.15) is 0 Å². The van der Waals surface area contributed by atoms with Crippen LogP contribution in [0.5, 0.6) is 0 Å². The topological polar surface area (TPSA) is 82.8 Å². The quantitative estimate of drug-likeness (QED) is 0.750. The third kappa shape index (κ3) is 3.71. The molecular formula is C18H15N3O2S2. The van der Waals surface area contributed by atoms with Gasteiger partial charge < -0.3 is 0 Å². The third-order valence-electron chi connectivity index (χ3n) is 3.64. The number of sulfonamides is 1. The molecule has 0 unspecified atom stereocenters. The predicted molar refractivity (Wildman–Crippen MR) is 99.0 cm³/mol. The van der Waals surface area contributed by atoms with Crippen molar-refractivity contribution in [1.29, 1.82) is 5.26 Å². The van der Waals surface area contributed by atoms with Crippen molar-refractivity contribution in [2.24, 2.45) is 0 Å². The summed E-state index contributed by atoms with van der Waals surface area (Å²) in [5.41, 5.74) is 2.89. The lowest BCUT2D eigenvalue weighted by atomic mass is 10.1. The van der Waals surface area contributed by atoms with Crippen LogP contribution in [-0.4, -0.2) is 13.4 Å². The Bertz CT molecular complexity index is 1080. The van der Waals surface area contributed by atoms with Crippen LogP contribution in [0.15, 0.2) is 52.7 Å². The molecule has 1 heterocycles. The monoisotopic (exact) mass is 369 g/mol. The number of thiazole rings is 1. The van der Waals surface area contributed by atoms with E-state index in [1.165, 1.54) is 17.4 Å². The van der Waals surface area contributed by atoms with E-state index in [-0.39, 0.29) is 4.90 Å². The second-order valence-electron chi connectivity index (χ2n) is 5.53. The molecule has 0 aliphatic carbocycles. The Kier molecular flexibility index (Phi) is 4.57. The first-order valence-corrected chi connectivity index (χ1v) is 9.81. The number of anilines is 1. The summed E-state index contributed by atoms with van der Waals surface area (Å²) in [6.45, 7) is 3.65. The van der Waals surface area contributed by atoms with E-state index in [1.807, 2.05) is 24.4 Å². The molecule has 0 bridgehead atoms. The highest BCUT2D eigenvalue weighted by Gasteiger charge is 2.18. The van der Waals surface area contributed by atoms with E-state index in [1.54, 1.807) is 37.3 Å². The number of benzene rings is 2. The predicted octanol–water partition coefficient (Wildman–Crippen LogP) is 4.10. The zero-order valence-electron chi connectivity index (χ0n) is 13.6. The molecule has 3 rings (SSSR count). The molecule has 0 amide bonds. The number of aromatic nitrogens is 1. The van der Waals surface area contributed by atoms with Crippen molar-refractivity contribution in [3.8, 4) is 17.3 Å². The van der Waals surface area contributed by atoms with Crippen LogP contribution in [-0.2, 0) is 10.0 Å². The van der Waals surface area contributed by atoms with Crippen LogP contribution in [0.1, 0.15) is 16.1 Å². The standard InChI is InChI=1S/C18H15N3O2S2/c1-12-6-7-15(17-11-24-13(2)20-17)9-18(12)25(22,23)21-16-5-3-4-14(8-16)10-19/h3-9,11,21H,1-2H3. The Hall–Kier alpha value is -2.69. The molecule has 0 aliphatic heterocycles. The fraction of sp³-hybridized carbons (Fsp3) is 0.111. The molecule has 0 aliphatic rings. The summed E-state index contributed by atoms with van der Waals surface area (Å²) in [7, 11) is -3.78. The van der Waals surface area contributed by atoms with Crippen molar-refractivity contribution in [2.45, 2.75) is 18.7 Å². The van der Waals surface area contributed by atoms with Gasteiger partial charge in [0.15, 0.2) is 0 Å². The highest BCUT2D eigenvalue weighted by atomic mass is 32.2. The average Bonchev–Trinajstić information content (AvgIpc) is 3.01. The first kappa shape index (κ1) is 17.1. The SMILES string of the molecule is Cc1nc(-c2ccc(C)c(S(=O)(=O)Nc3cccc(C#N)c3)c2)cs1. The highest BCUT2D eigenvalue weighted by Crippen LogP contribution is 2.27. The minimum absolute atomic E-state index is 0.193. The molecule has 2 aromatic carbocycles. The zero-order chi connectivity index (χ0) is 18.0. The van der Waals surface area contributed by atoms with Gasteiger partial charge in [0.05, 0.1) is 32.9 Å². The van der Waals surface area contributed by atoms with Gasteiger partial charge in [0, 0.05) is 10.9 Å². The van der Waals surface area contributed by atoms with E-state index in [0.717, 1.165) is 16.3 Å². The number of aryl methyl sites for hydroxylation is 2. The maximum atomic E-state index is 12.8. The van der Waals surface area contributed by atoms with Gasteiger partial charge in [-0.1, -0.05) is 18.2 Å². The molecule has 25 heavy (non-hydrogen) atoms. The van der Waals surface area contributed by atoms with Crippen LogP contribution < -0.4 is 4.72 Å². The molecular weight excluding hydrogens is 354 g/mol. The first-order valence-electron chi connectivity index (χ1n) is 7.45. The van der Waals surface area contributed by atoms with Crippen LogP contribution in [0.4, 0.5) is 5.69 Å². The lowest BCUT2D eigenvalue weighted by molar-refractivity contribution is 0.600. The van der Waals surface area contributed by atoms with Crippen molar-refractivity contribution in [2.75, 3.05) is 4.72 Å². The largest absolute Gasteiger partial charge is 0.280 e. The van der Waals surface area contributed by atoms with Crippen LogP contribution in [0, 0.1) is 25.2 Å². The van der Waals surface area contributed by atoms with Gasteiger partial charge in [-0.25, -0.2) is 13.4 Å². The fourth-order valence-electron chi connectivity index (χ4n) is 2.41. The number of nitriles is 1. The Morgan fingerprint density at radius 2 is 1.96 bits per heavy atom. The van der Waals surface area contributed by atoms with Gasteiger partial charge in [-0.2, -0.15) is 5.26 Å². The molecule has 0 spiro atoms. The molecule has 0 radical (unpaired) electrons. The van der Waals surface area contributed by atoms with E-state index in [4.69, 9.17) is 5.26 Å². The maximum absolute atomic E-state index is 12.8. The van der Waals surface area contributed by atoms with Crippen molar-refractivity contribution in [3.05, 3.63) is 64.0 Å². The summed E-state index contributed by atoms with van der Waals surface area (Å²) >= 11 is 1.52. The van der Waals surface area contributed by atoms with Crippen LogP contribution in [0.25, 0.3) is 11.3 Å². The molecule has 3 aromatic rings. The number of rotatable bonds is 4. The van der Waals surface area contributed by atoms with Crippen molar-refractivity contribution in [1.82, 2.24) is 4.98 Å². The summed E-state index contributed by atoms with van der Waals surface area (Å²) in [5.74, 6) is 0. The Morgan fingerprint density at radius 1 is 1.16 bits per heavy atom. The van der Waals surface area contributed by atoms with E-state index < -0.39 is 10.0 Å². The maximum Gasteiger partial charge on any atom is 0.262 e. The molecule has 1 aromatic heterocycles. The number of nitrogens with zero attached hydrogens (tertiary/aromatic N) is 2. The lowest BCUT2D eigenvalue weighted by Gasteiger charge is -2.12. The van der Waals surface area contributed by atoms with Gasteiger partial charge >= 0.3 is 0 Å². The summed E-state index contributed by atoms with van der Waals surface area (Å²) in [4.78, 5) is 4.60. The Morgan fingerprint density at radius 3 is 2.64 bits per heavy atom. The minimum Gasteiger partial charge on any atom is -0.280 e. The van der Waals surface area contributed by atoms with Crippen LogP contribution in [0.2, 0.25) is 0 Å². The van der Waals surface area contributed by atoms with Crippen molar-refractivity contribution >= 4 is 27.0 Å². The van der Waals surface area contributed by atoms with Crippen LogP contribution >= 0.6 is 11.3 Å². The molecule has 0 fully saturated rings. The van der Waals surface area contributed by atoms with Crippen molar-refractivity contribution in [3.63, 3.8) is 0 Å². The highest BCUT2D eigenvalue weighted by molar-refractivity contribution is 7.92. The van der Waals surface area contributed by atoms with E-state index >= 15 is 0 Å². The normalized spacial score (nSPS) is 11.1. The lowest BCUT2D eigenvalue weighted by Crippen LogP contribution is -2.14. The van der Waals surface area contributed by atoms with Gasteiger partial charge in [0.2, 0.25) is 0 Å². The summed E-state index contributed by atoms with van der Waals surface area (Å²) in [6, 6.07) is 13.6. The third-order valence-corrected chi connectivity index (χ3v) is 5.93. The molecule has 0 saturated carbocycles. The van der Waals surface area contributed by atoms with Crippen molar-refractivity contribution < 1.29 is 8.42 Å². The van der Waals surface area contributed by atoms with Gasteiger partial charge in [-0.3, -0.25) is 4.72 Å². The van der Waals surface area contributed by atoms with Gasteiger partial charge in [0.25, 0.3) is 10.0 Å². The summed E-state index contributed by atoms with van der Waals surface area (Å²) in [5, 5.41) is 11.8. The summed E-state index contributed by atoms with van der Waals surface area (Å²) < 4.78 is 28.1. The molecule has 7 heteroatoms. The average molecular weight is 369 g/mol.